The largest absolute Gasteiger partial charge is 0.341 e. The van der Waals surface area contributed by atoms with Crippen LogP contribution in [0.25, 0.3) is 0 Å². The van der Waals surface area contributed by atoms with Gasteiger partial charge < -0.3 is 4.90 Å². The zero-order valence-electron chi connectivity index (χ0n) is 17.7. The first kappa shape index (κ1) is 21.4. The second-order valence-electron chi connectivity index (χ2n) is 8.20. The molecule has 1 aliphatic rings. The lowest BCUT2D eigenvalue weighted by molar-refractivity contribution is -0.131. The molecular weight excluding hydrogens is 384 g/mol. The number of hydrogen-bond donors (Lipinski definition) is 0. The third-order valence-electron chi connectivity index (χ3n) is 5.52. The highest BCUT2D eigenvalue weighted by atomic mass is 32.2. The molecule has 0 bridgehead atoms. The Labute approximate surface area is 174 Å². The summed E-state index contributed by atoms with van der Waals surface area (Å²) in [4.78, 5) is 15.1. The van der Waals surface area contributed by atoms with Gasteiger partial charge in [-0.25, -0.2) is 8.42 Å². The summed E-state index contributed by atoms with van der Waals surface area (Å²) < 4.78 is 28.3. The Balaban J connectivity index is 1.99. The normalized spacial score (nSPS) is 17.2. The Morgan fingerprint density at radius 3 is 2.34 bits per heavy atom. The van der Waals surface area contributed by atoms with E-state index in [2.05, 4.69) is 6.92 Å². The Kier molecular flexibility index (Phi) is 6.32. The molecule has 1 saturated heterocycles. The average Bonchev–Trinajstić information content (AvgIpc) is 2.67. The maximum Gasteiger partial charge on any atom is 0.264 e. The van der Waals surface area contributed by atoms with Gasteiger partial charge in [0, 0.05) is 13.1 Å². The van der Waals surface area contributed by atoms with E-state index < -0.39 is 10.0 Å². The van der Waals surface area contributed by atoms with Crippen LogP contribution in [0, 0.1) is 26.7 Å². The molecule has 0 aliphatic carbocycles. The molecule has 0 spiro atoms. The molecule has 1 heterocycles. The maximum absolute atomic E-state index is 13.5. The molecule has 2 aromatic rings. The number of carbonyl (C=O) groups is 1. The van der Waals surface area contributed by atoms with E-state index in [9.17, 15) is 13.2 Å². The number of nitrogens with zero attached hydrogens (tertiary/aromatic N) is 2. The van der Waals surface area contributed by atoms with Gasteiger partial charge in [-0.1, -0.05) is 42.3 Å². The molecule has 0 unspecified atom stereocenters. The van der Waals surface area contributed by atoms with E-state index in [0.29, 0.717) is 24.7 Å². The van der Waals surface area contributed by atoms with E-state index in [1.54, 1.807) is 35.2 Å². The van der Waals surface area contributed by atoms with Crippen LogP contribution in [0.2, 0.25) is 0 Å². The quantitative estimate of drug-likeness (QED) is 0.741. The molecule has 3 rings (SSSR count). The van der Waals surface area contributed by atoms with Crippen LogP contribution in [0.4, 0.5) is 5.69 Å². The van der Waals surface area contributed by atoms with Gasteiger partial charge in [-0.15, -0.1) is 0 Å². The van der Waals surface area contributed by atoms with Gasteiger partial charge in [-0.3, -0.25) is 9.10 Å². The van der Waals surface area contributed by atoms with Gasteiger partial charge in [0.15, 0.2) is 0 Å². The van der Waals surface area contributed by atoms with Crippen LogP contribution in [0.1, 0.15) is 36.5 Å². The Morgan fingerprint density at radius 2 is 1.72 bits per heavy atom. The molecule has 0 radical (unpaired) electrons. The monoisotopic (exact) mass is 414 g/mol. The van der Waals surface area contributed by atoms with Gasteiger partial charge in [0.2, 0.25) is 5.91 Å². The first-order valence-corrected chi connectivity index (χ1v) is 11.6. The lowest BCUT2D eigenvalue weighted by Crippen LogP contribution is -2.46. The molecule has 0 saturated carbocycles. The Bertz CT molecular complexity index is 984. The lowest BCUT2D eigenvalue weighted by atomic mass is 10.0. The highest BCUT2D eigenvalue weighted by Gasteiger charge is 2.31. The number of likely N-dealkylation sites (tertiary alicyclic amines) is 1. The minimum absolute atomic E-state index is 0.146. The van der Waals surface area contributed by atoms with Gasteiger partial charge in [0.05, 0.1) is 10.6 Å². The molecule has 1 aliphatic heterocycles. The number of anilines is 1. The van der Waals surface area contributed by atoms with E-state index in [0.717, 1.165) is 29.5 Å². The number of carbonyl (C=O) groups excluding carboxylic acids is 1. The Hall–Kier alpha value is -2.34. The standard InChI is InChI=1S/C23H30N2O3S/c1-17-7-10-21(11-8-17)29(27,28)25(22-12-9-18(2)14-20(22)4)16-23(26)24-13-5-6-19(3)15-24/h7-12,14,19H,5-6,13,15-16H2,1-4H3/t19-/m0/s1. The van der Waals surface area contributed by atoms with E-state index >= 15 is 0 Å². The number of amides is 1. The second kappa shape index (κ2) is 8.57. The third kappa shape index (κ3) is 4.81. The summed E-state index contributed by atoms with van der Waals surface area (Å²) in [6.07, 6.45) is 2.06. The number of benzene rings is 2. The van der Waals surface area contributed by atoms with Crippen molar-refractivity contribution in [1.82, 2.24) is 4.90 Å². The van der Waals surface area contributed by atoms with Crippen molar-refractivity contribution in [3.05, 3.63) is 59.2 Å². The summed E-state index contributed by atoms with van der Waals surface area (Å²) >= 11 is 0. The topological polar surface area (TPSA) is 57.7 Å². The van der Waals surface area contributed by atoms with Crippen LogP contribution < -0.4 is 4.31 Å². The number of rotatable bonds is 5. The van der Waals surface area contributed by atoms with Gasteiger partial charge in [0.1, 0.15) is 6.54 Å². The summed E-state index contributed by atoms with van der Waals surface area (Å²) in [5.41, 5.74) is 3.42. The van der Waals surface area contributed by atoms with E-state index in [1.807, 2.05) is 32.9 Å². The first-order chi connectivity index (χ1) is 13.7. The zero-order valence-corrected chi connectivity index (χ0v) is 18.5. The van der Waals surface area contributed by atoms with Gasteiger partial charge in [-0.05, 0) is 63.3 Å². The van der Waals surface area contributed by atoms with Crippen molar-refractivity contribution < 1.29 is 13.2 Å². The second-order valence-corrected chi connectivity index (χ2v) is 10.1. The average molecular weight is 415 g/mol. The summed E-state index contributed by atoms with van der Waals surface area (Å²) in [5.74, 6) is 0.295. The molecule has 1 atom stereocenters. The molecule has 29 heavy (non-hydrogen) atoms. The van der Waals surface area contributed by atoms with Crippen LogP contribution in [-0.4, -0.2) is 38.9 Å². The number of aryl methyl sites for hydroxylation is 3. The zero-order chi connectivity index (χ0) is 21.2. The predicted octanol–water partition coefficient (Wildman–Crippen LogP) is 4.07. The predicted molar refractivity (Wildman–Crippen MR) is 117 cm³/mol. The molecule has 1 amide bonds. The number of piperidine rings is 1. The number of sulfonamides is 1. The maximum atomic E-state index is 13.5. The summed E-state index contributed by atoms with van der Waals surface area (Å²) in [7, 11) is -3.87. The van der Waals surface area contributed by atoms with Crippen LogP contribution in [-0.2, 0) is 14.8 Å². The number of hydrogen-bond acceptors (Lipinski definition) is 3. The van der Waals surface area contributed by atoms with E-state index in [4.69, 9.17) is 0 Å². The van der Waals surface area contributed by atoms with Crippen molar-refractivity contribution in [3.8, 4) is 0 Å². The van der Waals surface area contributed by atoms with Crippen molar-refractivity contribution in [2.45, 2.75) is 45.4 Å². The molecule has 6 heteroatoms. The fourth-order valence-electron chi connectivity index (χ4n) is 3.86. The Morgan fingerprint density at radius 1 is 1.07 bits per heavy atom. The summed E-state index contributed by atoms with van der Waals surface area (Å²) in [6.45, 7) is 9.08. The van der Waals surface area contributed by atoms with Gasteiger partial charge in [-0.2, -0.15) is 0 Å². The molecule has 5 nitrogen and oxygen atoms in total. The molecule has 0 aromatic heterocycles. The van der Waals surface area contributed by atoms with Crippen molar-refractivity contribution in [2.75, 3.05) is 23.9 Å². The SMILES string of the molecule is Cc1ccc(S(=O)(=O)N(CC(=O)N2CCC[C@H](C)C2)c2ccc(C)cc2C)cc1. The fourth-order valence-corrected chi connectivity index (χ4v) is 5.34. The van der Waals surface area contributed by atoms with Crippen molar-refractivity contribution in [3.63, 3.8) is 0 Å². The van der Waals surface area contributed by atoms with Crippen molar-refractivity contribution in [2.24, 2.45) is 5.92 Å². The van der Waals surface area contributed by atoms with Crippen LogP contribution in [0.15, 0.2) is 47.4 Å². The highest BCUT2D eigenvalue weighted by molar-refractivity contribution is 7.92. The third-order valence-corrected chi connectivity index (χ3v) is 7.29. The molecule has 0 N–H and O–H groups in total. The van der Waals surface area contributed by atoms with Gasteiger partial charge in [0.25, 0.3) is 10.0 Å². The molecule has 1 fully saturated rings. The molecule has 156 valence electrons. The van der Waals surface area contributed by atoms with E-state index in [1.165, 1.54) is 4.31 Å². The van der Waals surface area contributed by atoms with E-state index in [-0.39, 0.29) is 17.3 Å². The van der Waals surface area contributed by atoms with Crippen LogP contribution >= 0.6 is 0 Å². The summed E-state index contributed by atoms with van der Waals surface area (Å²) in [5, 5.41) is 0. The molecular formula is C23H30N2O3S. The first-order valence-electron chi connectivity index (χ1n) is 10.1. The highest BCUT2D eigenvalue weighted by Crippen LogP contribution is 2.28. The van der Waals surface area contributed by atoms with Crippen molar-refractivity contribution >= 4 is 21.6 Å². The minimum atomic E-state index is -3.87. The van der Waals surface area contributed by atoms with Gasteiger partial charge >= 0.3 is 0 Å². The van der Waals surface area contributed by atoms with Crippen LogP contribution in [0.3, 0.4) is 0 Å². The smallest absolute Gasteiger partial charge is 0.264 e. The van der Waals surface area contributed by atoms with Crippen LogP contribution in [0.5, 0.6) is 0 Å². The lowest BCUT2D eigenvalue weighted by Gasteiger charge is -2.33. The fraction of sp³-hybridized carbons (Fsp3) is 0.435. The molecule has 2 aromatic carbocycles. The minimum Gasteiger partial charge on any atom is -0.341 e. The summed E-state index contributed by atoms with van der Waals surface area (Å²) in [6, 6.07) is 12.4. The van der Waals surface area contributed by atoms with Crippen molar-refractivity contribution in [1.29, 1.82) is 0 Å².